The van der Waals surface area contributed by atoms with Crippen LogP contribution in [0.3, 0.4) is 0 Å². The van der Waals surface area contributed by atoms with Gasteiger partial charge in [-0.3, -0.25) is 0 Å². The fourth-order valence-corrected chi connectivity index (χ4v) is 0.952. The molecule has 0 bridgehead atoms. The largest absolute Gasteiger partial charge is 0.433 e. The molecule has 2 atom stereocenters. The number of esters is 1. The minimum Gasteiger partial charge on any atom is -0.433 e. The van der Waals surface area contributed by atoms with Crippen LogP contribution in [0.5, 0.6) is 0 Å². The summed E-state index contributed by atoms with van der Waals surface area (Å²) in [5.41, 5.74) is 0. The molecule has 0 aromatic heterocycles. The molecule has 3 heteroatoms. The van der Waals surface area contributed by atoms with E-state index in [0.29, 0.717) is 0 Å². The van der Waals surface area contributed by atoms with Gasteiger partial charge in [-0.25, -0.2) is 4.79 Å². The highest BCUT2D eigenvalue weighted by Gasteiger charge is 2.16. The van der Waals surface area contributed by atoms with Crippen molar-refractivity contribution < 1.29 is 14.6 Å². The minimum atomic E-state index is -1.00. The van der Waals surface area contributed by atoms with E-state index < -0.39 is 12.3 Å². The molecule has 0 aliphatic carbocycles. The fraction of sp³-hybridized carbons (Fsp3) is 0.700. The van der Waals surface area contributed by atoms with E-state index in [-0.39, 0.29) is 5.92 Å². The lowest BCUT2D eigenvalue weighted by Crippen LogP contribution is -2.23. The molecule has 0 heterocycles. The van der Waals surface area contributed by atoms with E-state index in [2.05, 4.69) is 18.2 Å². The third-order valence-corrected chi connectivity index (χ3v) is 1.90. The highest BCUT2D eigenvalue weighted by atomic mass is 16.6. The molecule has 1 N–H and O–H groups in total. The van der Waals surface area contributed by atoms with Crippen LogP contribution < -0.4 is 0 Å². The molecule has 0 radical (unpaired) electrons. The van der Waals surface area contributed by atoms with E-state index in [4.69, 9.17) is 0 Å². The summed E-state index contributed by atoms with van der Waals surface area (Å²) in [4.78, 5) is 10.7. The van der Waals surface area contributed by atoms with Gasteiger partial charge in [0.2, 0.25) is 6.29 Å². The molecule has 2 unspecified atom stereocenters. The lowest BCUT2D eigenvalue weighted by molar-refractivity contribution is -0.170. The molecule has 0 amide bonds. The Kier molecular flexibility index (Phi) is 6.24. The Morgan fingerprint density at radius 2 is 2.31 bits per heavy atom. The molecule has 0 fully saturated rings. The number of carbonyl (C=O) groups is 1. The van der Waals surface area contributed by atoms with Crippen molar-refractivity contribution in [3.8, 4) is 0 Å². The first kappa shape index (κ1) is 12.2. The van der Waals surface area contributed by atoms with Gasteiger partial charge in [0.25, 0.3) is 0 Å². The van der Waals surface area contributed by atoms with Crippen LogP contribution in [0, 0.1) is 5.92 Å². The standard InChI is InChI=1S/C10H18O3/c1-4-6-7-8(3)10(12)13-9(11)5-2/h5,8,10,12H,2,4,6-7H2,1,3H3. The summed E-state index contributed by atoms with van der Waals surface area (Å²) in [6.45, 7) is 7.19. The molecule has 0 aliphatic heterocycles. The van der Waals surface area contributed by atoms with Crippen LogP contribution in [0.15, 0.2) is 12.7 Å². The Hall–Kier alpha value is -0.830. The smallest absolute Gasteiger partial charge is 0.332 e. The number of carbonyl (C=O) groups excluding carboxylic acids is 1. The summed E-state index contributed by atoms with van der Waals surface area (Å²) >= 11 is 0. The van der Waals surface area contributed by atoms with Crippen LogP contribution in [0.25, 0.3) is 0 Å². The van der Waals surface area contributed by atoms with Gasteiger partial charge >= 0.3 is 5.97 Å². The topological polar surface area (TPSA) is 46.5 Å². The molecule has 0 saturated carbocycles. The minimum absolute atomic E-state index is 0.0103. The predicted molar refractivity (Wildman–Crippen MR) is 51.0 cm³/mol. The van der Waals surface area contributed by atoms with E-state index in [9.17, 15) is 9.90 Å². The van der Waals surface area contributed by atoms with Crippen molar-refractivity contribution in [2.45, 2.75) is 39.4 Å². The quantitative estimate of drug-likeness (QED) is 0.391. The maximum absolute atomic E-state index is 10.7. The van der Waals surface area contributed by atoms with Gasteiger partial charge in [-0.15, -0.1) is 0 Å². The summed E-state index contributed by atoms with van der Waals surface area (Å²) in [7, 11) is 0. The first-order chi connectivity index (χ1) is 6.11. The van der Waals surface area contributed by atoms with E-state index >= 15 is 0 Å². The van der Waals surface area contributed by atoms with E-state index in [1.54, 1.807) is 0 Å². The number of hydrogen-bond acceptors (Lipinski definition) is 3. The molecule has 0 aromatic carbocycles. The van der Waals surface area contributed by atoms with Crippen LogP contribution in [0.2, 0.25) is 0 Å². The predicted octanol–water partition coefficient (Wildman–Crippen LogP) is 1.86. The molecule has 0 rings (SSSR count). The molecule has 0 aliphatic rings. The third-order valence-electron chi connectivity index (χ3n) is 1.90. The van der Waals surface area contributed by atoms with Gasteiger partial charge in [0.05, 0.1) is 0 Å². The van der Waals surface area contributed by atoms with Crippen molar-refractivity contribution in [2.24, 2.45) is 5.92 Å². The Morgan fingerprint density at radius 3 is 2.77 bits per heavy atom. The number of aliphatic hydroxyl groups is 1. The van der Waals surface area contributed by atoms with E-state index in [0.717, 1.165) is 25.3 Å². The van der Waals surface area contributed by atoms with Crippen molar-refractivity contribution in [3.63, 3.8) is 0 Å². The first-order valence-corrected chi connectivity index (χ1v) is 4.63. The highest BCUT2D eigenvalue weighted by Crippen LogP contribution is 2.13. The molecule has 76 valence electrons. The Balaban J connectivity index is 3.74. The first-order valence-electron chi connectivity index (χ1n) is 4.63. The summed E-state index contributed by atoms with van der Waals surface area (Å²) in [5, 5.41) is 9.36. The van der Waals surface area contributed by atoms with Crippen molar-refractivity contribution in [1.82, 2.24) is 0 Å². The summed E-state index contributed by atoms with van der Waals surface area (Å²) in [6.07, 6.45) is 3.02. The maximum Gasteiger partial charge on any atom is 0.332 e. The number of unbranched alkanes of at least 4 members (excludes halogenated alkanes) is 1. The maximum atomic E-state index is 10.7. The lowest BCUT2D eigenvalue weighted by Gasteiger charge is -2.17. The van der Waals surface area contributed by atoms with Crippen LogP contribution in [0.1, 0.15) is 33.1 Å². The van der Waals surface area contributed by atoms with Crippen LogP contribution in [-0.2, 0) is 9.53 Å². The average Bonchev–Trinajstić information content (AvgIpc) is 2.13. The van der Waals surface area contributed by atoms with Crippen molar-refractivity contribution in [1.29, 1.82) is 0 Å². The second-order valence-electron chi connectivity index (χ2n) is 3.15. The zero-order valence-corrected chi connectivity index (χ0v) is 8.32. The van der Waals surface area contributed by atoms with Gasteiger partial charge in [-0.05, 0) is 6.42 Å². The van der Waals surface area contributed by atoms with E-state index in [1.807, 2.05) is 6.92 Å². The Bertz CT molecular complexity index is 166. The monoisotopic (exact) mass is 186 g/mol. The average molecular weight is 186 g/mol. The molecule has 0 spiro atoms. The number of rotatable bonds is 6. The fourth-order valence-electron chi connectivity index (χ4n) is 0.952. The Morgan fingerprint density at radius 1 is 1.69 bits per heavy atom. The molecular weight excluding hydrogens is 168 g/mol. The molecular formula is C10H18O3. The van der Waals surface area contributed by atoms with E-state index in [1.165, 1.54) is 0 Å². The van der Waals surface area contributed by atoms with Gasteiger partial charge < -0.3 is 9.84 Å². The summed E-state index contributed by atoms with van der Waals surface area (Å²) in [6, 6.07) is 0. The zero-order valence-electron chi connectivity index (χ0n) is 8.32. The SMILES string of the molecule is C=CC(=O)OC(O)C(C)CCCC. The number of aliphatic hydroxyl groups excluding tert-OH is 1. The van der Waals surface area contributed by atoms with Crippen LogP contribution >= 0.6 is 0 Å². The molecule has 0 saturated heterocycles. The zero-order chi connectivity index (χ0) is 10.3. The summed E-state index contributed by atoms with van der Waals surface area (Å²) in [5.74, 6) is -0.584. The summed E-state index contributed by atoms with van der Waals surface area (Å²) < 4.78 is 4.66. The lowest BCUT2D eigenvalue weighted by atomic mass is 10.0. The Labute approximate surface area is 79.4 Å². The molecule has 0 aromatic rings. The second kappa shape index (κ2) is 6.66. The van der Waals surface area contributed by atoms with Gasteiger partial charge in [0.15, 0.2) is 0 Å². The number of ether oxygens (including phenoxy) is 1. The van der Waals surface area contributed by atoms with Crippen molar-refractivity contribution in [2.75, 3.05) is 0 Å². The van der Waals surface area contributed by atoms with Gasteiger partial charge in [-0.2, -0.15) is 0 Å². The van der Waals surface area contributed by atoms with Crippen molar-refractivity contribution >= 4 is 5.97 Å². The highest BCUT2D eigenvalue weighted by molar-refractivity contribution is 5.81. The van der Waals surface area contributed by atoms with Crippen molar-refractivity contribution in [3.05, 3.63) is 12.7 Å². The van der Waals surface area contributed by atoms with Gasteiger partial charge in [0, 0.05) is 12.0 Å². The third kappa shape index (κ3) is 5.42. The second-order valence-corrected chi connectivity index (χ2v) is 3.15. The van der Waals surface area contributed by atoms with Crippen LogP contribution in [-0.4, -0.2) is 17.4 Å². The normalized spacial score (nSPS) is 14.7. The van der Waals surface area contributed by atoms with Crippen LogP contribution in [0.4, 0.5) is 0 Å². The molecule has 3 nitrogen and oxygen atoms in total. The van der Waals surface area contributed by atoms with Gasteiger partial charge in [0.1, 0.15) is 0 Å². The van der Waals surface area contributed by atoms with Gasteiger partial charge in [-0.1, -0.05) is 33.3 Å². The number of hydrogen-bond donors (Lipinski definition) is 1. The molecule has 13 heavy (non-hydrogen) atoms.